The molecule has 0 radical (unpaired) electrons. The summed E-state index contributed by atoms with van der Waals surface area (Å²) in [7, 11) is 0. The summed E-state index contributed by atoms with van der Waals surface area (Å²) in [5.74, 6) is -0.371. The van der Waals surface area contributed by atoms with Crippen LogP contribution in [0, 0.1) is 10.1 Å². The Kier molecular flexibility index (Phi) is 5.85. The predicted molar refractivity (Wildman–Crippen MR) is 118 cm³/mol. The number of nitrogens with zero attached hydrogens (tertiary/aromatic N) is 2. The maximum Gasteiger partial charge on any atom is 0.270 e. The van der Waals surface area contributed by atoms with Gasteiger partial charge in [-0.15, -0.1) is 0 Å². The number of fused-ring (bicyclic) bond motifs is 5. The number of ketones is 1. The number of nitro benzene ring substituents is 1. The minimum absolute atomic E-state index is 0.0834. The van der Waals surface area contributed by atoms with E-state index in [4.69, 9.17) is 0 Å². The third-order valence-corrected chi connectivity index (χ3v) is 6.05. The Morgan fingerprint density at radius 3 is 2.21 bits per heavy atom. The van der Waals surface area contributed by atoms with Crippen molar-refractivity contribution in [3.63, 3.8) is 0 Å². The highest BCUT2D eigenvalue weighted by atomic mass is 16.6. The number of hydrogen-bond acceptors (Lipinski definition) is 8. The van der Waals surface area contributed by atoms with Crippen LogP contribution in [-0.4, -0.2) is 60.1 Å². The Hall–Kier alpha value is -3.44. The molecular weight excluding hydrogens is 432 g/mol. The van der Waals surface area contributed by atoms with Gasteiger partial charge in [0, 0.05) is 28.6 Å². The van der Waals surface area contributed by atoms with Crippen LogP contribution in [0.5, 0.6) is 0 Å². The average Bonchev–Trinajstić information content (AvgIpc) is 3.12. The first-order chi connectivity index (χ1) is 15.7. The zero-order chi connectivity index (χ0) is 24.0. The van der Waals surface area contributed by atoms with Crippen molar-refractivity contribution in [3.8, 4) is 11.3 Å². The van der Waals surface area contributed by atoms with Gasteiger partial charge in [-0.05, 0) is 12.5 Å². The molecule has 4 rings (SSSR count). The number of carbonyl (C=O) groups is 1. The summed E-state index contributed by atoms with van der Waals surface area (Å²) in [5, 5.41) is 52.3. The summed E-state index contributed by atoms with van der Waals surface area (Å²) in [6.45, 7) is 1.07. The van der Waals surface area contributed by atoms with Crippen LogP contribution in [0.2, 0.25) is 0 Å². The average molecular weight is 454 g/mol. The van der Waals surface area contributed by atoms with Crippen LogP contribution in [0.15, 0.2) is 47.3 Å². The molecule has 0 fully saturated rings. The van der Waals surface area contributed by atoms with E-state index in [1.165, 1.54) is 12.1 Å². The van der Waals surface area contributed by atoms with Gasteiger partial charge in [0.15, 0.2) is 5.78 Å². The normalized spacial score (nSPS) is 16.2. The molecule has 0 spiro atoms. The summed E-state index contributed by atoms with van der Waals surface area (Å²) in [6, 6.07) is 10.2. The van der Waals surface area contributed by atoms with Crippen molar-refractivity contribution in [2.75, 3.05) is 0 Å². The van der Waals surface area contributed by atoms with Crippen LogP contribution in [-0.2, 0) is 6.54 Å². The molecule has 10 nitrogen and oxygen atoms in total. The molecule has 33 heavy (non-hydrogen) atoms. The van der Waals surface area contributed by atoms with Gasteiger partial charge in [-0.25, -0.2) is 0 Å². The molecule has 0 saturated carbocycles. The largest absolute Gasteiger partial charge is 0.390 e. The van der Waals surface area contributed by atoms with Gasteiger partial charge >= 0.3 is 0 Å². The molecule has 4 atom stereocenters. The maximum absolute atomic E-state index is 13.4. The molecule has 1 aliphatic carbocycles. The van der Waals surface area contributed by atoms with Gasteiger partial charge in [-0.1, -0.05) is 31.2 Å². The van der Waals surface area contributed by atoms with Gasteiger partial charge in [-0.3, -0.25) is 19.7 Å². The Labute approximate surface area is 187 Å². The fourth-order valence-electron chi connectivity index (χ4n) is 4.25. The molecule has 2 aromatic carbocycles. The lowest BCUT2D eigenvalue weighted by Crippen LogP contribution is -2.46. The molecule has 1 heterocycles. The van der Waals surface area contributed by atoms with E-state index in [0.29, 0.717) is 11.1 Å². The monoisotopic (exact) mass is 454 g/mol. The molecule has 4 N–H and O–H groups in total. The van der Waals surface area contributed by atoms with E-state index in [0.717, 1.165) is 10.6 Å². The Bertz CT molecular complexity index is 1330. The second kappa shape index (κ2) is 8.49. The number of nitro groups is 1. The van der Waals surface area contributed by atoms with Crippen LogP contribution < -0.4 is 5.56 Å². The smallest absolute Gasteiger partial charge is 0.270 e. The van der Waals surface area contributed by atoms with Crippen LogP contribution in [0.25, 0.3) is 22.0 Å². The number of carbonyl (C=O) groups excluding carboxylic acids is 1. The van der Waals surface area contributed by atoms with Gasteiger partial charge in [0.25, 0.3) is 11.2 Å². The van der Waals surface area contributed by atoms with E-state index >= 15 is 0 Å². The number of non-ortho nitro benzene ring substituents is 1. The minimum Gasteiger partial charge on any atom is -0.390 e. The SMILES string of the molecule is CC[C@@H](O)[C@@H](O)[C@H](O)[C@@H](O)Cn1c2c(c3ccc([N+](=O)[O-])cc3c1=O)C(=O)c1ccccc1-2. The lowest BCUT2D eigenvalue weighted by molar-refractivity contribution is -0.384. The Morgan fingerprint density at radius 1 is 0.939 bits per heavy atom. The van der Waals surface area contributed by atoms with Gasteiger partial charge in [0.2, 0.25) is 0 Å². The quantitative estimate of drug-likeness (QED) is 0.237. The standard InChI is InChI=1S/C23H22N2O8/c1-2-16(26)21(29)22(30)17(27)10-24-19-13-5-3-4-6-14(13)20(28)18(19)12-8-7-11(25(32)33)9-15(12)23(24)31/h3-9,16-17,21-22,26-27,29-30H,2,10H2,1H3/t16-,17+,21-,22-/m1/s1. The van der Waals surface area contributed by atoms with E-state index in [9.17, 15) is 40.1 Å². The lowest BCUT2D eigenvalue weighted by atomic mass is 9.99. The molecule has 0 aliphatic heterocycles. The van der Waals surface area contributed by atoms with Crippen molar-refractivity contribution in [1.82, 2.24) is 4.57 Å². The topological polar surface area (TPSA) is 163 Å². The molecule has 3 aromatic rings. The zero-order valence-corrected chi connectivity index (χ0v) is 17.6. The van der Waals surface area contributed by atoms with Crippen molar-refractivity contribution in [1.29, 1.82) is 0 Å². The number of aliphatic hydroxyl groups is 4. The fraction of sp³-hybridized carbons (Fsp3) is 0.304. The molecule has 0 saturated heterocycles. The van der Waals surface area contributed by atoms with Crippen LogP contribution in [0.3, 0.4) is 0 Å². The highest BCUT2D eigenvalue weighted by Crippen LogP contribution is 2.39. The van der Waals surface area contributed by atoms with Crippen molar-refractivity contribution < 1.29 is 30.1 Å². The highest BCUT2D eigenvalue weighted by molar-refractivity contribution is 6.26. The minimum atomic E-state index is -1.78. The summed E-state index contributed by atoms with van der Waals surface area (Å²) >= 11 is 0. The third kappa shape index (κ3) is 3.62. The molecular formula is C23H22N2O8. The first-order valence-electron chi connectivity index (χ1n) is 10.4. The van der Waals surface area contributed by atoms with E-state index < -0.39 is 41.4 Å². The summed E-state index contributed by atoms with van der Waals surface area (Å²) in [6.07, 6.45) is -6.29. The van der Waals surface area contributed by atoms with E-state index in [1.54, 1.807) is 31.2 Å². The number of benzene rings is 2. The molecule has 10 heteroatoms. The summed E-state index contributed by atoms with van der Waals surface area (Å²) < 4.78 is 1.09. The number of rotatable bonds is 7. The van der Waals surface area contributed by atoms with Gasteiger partial charge in [-0.2, -0.15) is 0 Å². The molecule has 0 bridgehead atoms. The molecule has 1 aliphatic rings. The van der Waals surface area contributed by atoms with Crippen LogP contribution >= 0.6 is 0 Å². The van der Waals surface area contributed by atoms with Gasteiger partial charge in [0.1, 0.15) is 18.3 Å². The van der Waals surface area contributed by atoms with E-state index in [2.05, 4.69) is 0 Å². The number of aliphatic hydroxyl groups excluding tert-OH is 4. The number of hydrogen-bond donors (Lipinski definition) is 4. The fourth-order valence-corrected chi connectivity index (χ4v) is 4.25. The predicted octanol–water partition coefficient (Wildman–Crippen LogP) is 0.975. The van der Waals surface area contributed by atoms with Crippen LogP contribution in [0.4, 0.5) is 5.69 Å². The van der Waals surface area contributed by atoms with Crippen molar-refractivity contribution in [2.45, 2.75) is 44.3 Å². The van der Waals surface area contributed by atoms with Crippen molar-refractivity contribution >= 4 is 22.2 Å². The molecule has 0 amide bonds. The summed E-state index contributed by atoms with van der Waals surface area (Å²) in [4.78, 5) is 37.2. The van der Waals surface area contributed by atoms with Crippen LogP contribution in [0.1, 0.15) is 29.3 Å². The maximum atomic E-state index is 13.4. The number of pyridine rings is 1. The molecule has 1 aromatic heterocycles. The van der Waals surface area contributed by atoms with Gasteiger partial charge < -0.3 is 25.0 Å². The highest BCUT2D eigenvalue weighted by Gasteiger charge is 2.35. The van der Waals surface area contributed by atoms with Crippen molar-refractivity contribution in [3.05, 3.63) is 74.1 Å². The second-order valence-electron chi connectivity index (χ2n) is 8.03. The summed E-state index contributed by atoms with van der Waals surface area (Å²) in [5.41, 5.74) is 0.133. The first-order valence-corrected chi connectivity index (χ1v) is 10.4. The molecule has 172 valence electrons. The van der Waals surface area contributed by atoms with E-state index in [-0.39, 0.29) is 39.9 Å². The first kappa shape index (κ1) is 22.7. The Balaban J connectivity index is 1.94. The van der Waals surface area contributed by atoms with E-state index in [1.807, 2.05) is 0 Å². The second-order valence-corrected chi connectivity index (χ2v) is 8.03. The van der Waals surface area contributed by atoms with Gasteiger partial charge in [0.05, 0.1) is 34.2 Å². The third-order valence-electron chi connectivity index (χ3n) is 6.05. The number of aromatic nitrogens is 1. The Morgan fingerprint density at radius 2 is 1.58 bits per heavy atom. The van der Waals surface area contributed by atoms with Crippen molar-refractivity contribution in [2.24, 2.45) is 0 Å². The zero-order valence-electron chi connectivity index (χ0n) is 17.6. The lowest BCUT2D eigenvalue weighted by Gasteiger charge is -2.27. The molecule has 0 unspecified atom stereocenters.